The van der Waals surface area contributed by atoms with Crippen LogP contribution in [0.1, 0.15) is 25.0 Å². The van der Waals surface area contributed by atoms with Crippen LogP contribution in [0.15, 0.2) is 61.1 Å². The summed E-state index contributed by atoms with van der Waals surface area (Å²) in [5.74, 6) is 0. The molecule has 3 heterocycles. The van der Waals surface area contributed by atoms with Gasteiger partial charge in [0.15, 0.2) is 0 Å². The maximum absolute atomic E-state index is 4.73. The number of pyridine rings is 3. The summed E-state index contributed by atoms with van der Waals surface area (Å²) in [5.41, 5.74) is 5.72. The van der Waals surface area contributed by atoms with E-state index in [9.17, 15) is 0 Å². The lowest BCUT2D eigenvalue weighted by molar-refractivity contribution is 1.03. The van der Waals surface area contributed by atoms with Gasteiger partial charge in [-0.15, -0.1) is 0 Å². The highest BCUT2D eigenvalue weighted by Gasteiger charge is 2.28. The molecule has 0 unspecified atom stereocenters. The van der Waals surface area contributed by atoms with Crippen molar-refractivity contribution in [2.24, 2.45) is 0 Å². The van der Waals surface area contributed by atoms with E-state index in [1.54, 1.807) is 0 Å². The van der Waals surface area contributed by atoms with Gasteiger partial charge < -0.3 is 0 Å². The van der Waals surface area contributed by atoms with Gasteiger partial charge in [0.05, 0.1) is 0 Å². The Hall–Kier alpha value is -2.49. The SMILES string of the molecule is CCc1ccnc(B(c2ccccn2)c2ccccn2)c1CC. The van der Waals surface area contributed by atoms with E-state index >= 15 is 0 Å². The molecule has 0 N–H and O–H groups in total. The molecule has 4 heteroatoms. The first-order valence-corrected chi connectivity index (χ1v) is 8.13. The molecule has 0 amide bonds. The van der Waals surface area contributed by atoms with E-state index < -0.39 is 0 Å². The Balaban J connectivity index is 2.21. The molecule has 0 fully saturated rings. The molecule has 23 heavy (non-hydrogen) atoms. The van der Waals surface area contributed by atoms with Crippen LogP contribution in [0.25, 0.3) is 0 Å². The molecular formula is C19H20BN3. The summed E-state index contributed by atoms with van der Waals surface area (Å²) < 4.78 is 0. The second-order valence-corrected chi connectivity index (χ2v) is 5.48. The highest BCUT2D eigenvalue weighted by atomic mass is 14.7. The van der Waals surface area contributed by atoms with Gasteiger partial charge in [0.25, 0.3) is 0 Å². The van der Waals surface area contributed by atoms with Gasteiger partial charge >= 0.3 is 6.71 Å². The van der Waals surface area contributed by atoms with Crippen molar-refractivity contribution in [3.05, 3.63) is 72.2 Å². The van der Waals surface area contributed by atoms with Gasteiger partial charge in [-0.2, -0.15) is 0 Å². The fourth-order valence-electron chi connectivity index (χ4n) is 3.06. The van der Waals surface area contributed by atoms with Crippen LogP contribution >= 0.6 is 0 Å². The average Bonchev–Trinajstić information content (AvgIpc) is 2.63. The van der Waals surface area contributed by atoms with Crippen LogP contribution in [0.4, 0.5) is 0 Å². The van der Waals surface area contributed by atoms with E-state index in [0.29, 0.717) is 0 Å². The van der Waals surface area contributed by atoms with Crippen LogP contribution in [0, 0.1) is 0 Å². The number of aryl methyl sites for hydroxylation is 1. The lowest BCUT2D eigenvalue weighted by Gasteiger charge is -2.17. The Morgan fingerprint density at radius 3 is 1.87 bits per heavy atom. The zero-order valence-electron chi connectivity index (χ0n) is 13.6. The van der Waals surface area contributed by atoms with Crippen LogP contribution in [0.5, 0.6) is 0 Å². The largest absolute Gasteiger partial charge is 0.310 e. The molecule has 0 atom stereocenters. The van der Waals surface area contributed by atoms with Crippen molar-refractivity contribution in [2.75, 3.05) is 0 Å². The zero-order chi connectivity index (χ0) is 16.1. The molecule has 114 valence electrons. The maximum Gasteiger partial charge on any atom is 0.310 e. The first kappa shape index (κ1) is 15.4. The third-order valence-electron chi connectivity index (χ3n) is 4.16. The van der Waals surface area contributed by atoms with Gasteiger partial charge in [-0.05, 0) is 54.3 Å². The Bertz CT molecular complexity index is 721. The molecule has 0 aliphatic rings. The molecular weight excluding hydrogens is 281 g/mol. The predicted molar refractivity (Wildman–Crippen MR) is 96.1 cm³/mol. The van der Waals surface area contributed by atoms with Crippen LogP contribution in [0.3, 0.4) is 0 Å². The molecule has 0 aliphatic heterocycles. The van der Waals surface area contributed by atoms with Crippen molar-refractivity contribution >= 4 is 23.5 Å². The van der Waals surface area contributed by atoms with Gasteiger partial charge in [0, 0.05) is 35.4 Å². The highest BCUT2D eigenvalue weighted by molar-refractivity contribution is 6.94. The van der Waals surface area contributed by atoms with Gasteiger partial charge in [0.1, 0.15) is 0 Å². The molecule has 0 radical (unpaired) electrons. The number of aromatic nitrogens is 3. The predicted octanol–water partition coefficient (Wildman–Crippen LogP) is 1.51. The van der Waals surface area contributed by atoms with E-state index in [1.165, 1.54) is 11.1 Å². The summed E-state index contributed by atoms with van der Waals surface area (Å²) in [7, 11) is 0. The summed E-state index contributed by atoms with van der Waals surface area (Å²) in [6.07, 6.45) is 7.55. The second kappa shape index (κ2) is 7.18. The molecule has 0 aliphatic carbocycles. The molecule has 0 bridgehead atoms. The van der Waals surface area contributed by atoms with Crippen LogP contribution in [0.2, 0.25) is 0 Å². The van der Waals surface area contributed by atoms with E-state index in [2.05, 4.69) is 42.0 Å². The van der Waals surface area contributed by atoms with Gasteiger partial charge in [-0.3, -0.25) is 15.0 Å². The summed E-state index contributed by atoms with van der Waals surface area (Å²) in [4.78, 5) is 13.9. The first-order valence-electron chi connectivity index (χ1n) is 8.13. The smallest absolute Gasteiger partial charge is 0.270 e. The molecule has 3 aromatic rings. The standard InChI is InChI=1S/C19H20BN3/c1-3-15-11-14-23-19(16(15)4-2)20(17-9-5-7-12-21-17)18-10-6-8-13-22-18/h5-14H,3-4H2,1-2H3. The Morgan fingerprint density at radius 1 is 0.739 bits per heavy atom. The van der Waals surface area contributed by atoms with E-state index in [0.717, 1.165) is 29.6 Å². The molecule has 3 aromatic heterocycles. The third-order valence-corrected chi connectivity index (χ3v) is 4.16. The number of hydrogen-bond acceptors (Lipinski definition) is 3. The number of rotatable bonds is 5. The van der Waals surface area contributed by atoms with E-state index in [-0.39, 0.29) is 6.71 Å². The molecule has 3 rings (SSSR count). The van der Waals surface area contributed by atoms with Gasteiger partial charge in [0.2, 0.25) is 0 Å². The van der Waals surface area contributed by atoms with Crippen molar-refractivity contribution in [2.45, 2.75) is 26.7 Å². The molecule has 0 saturated heterocycles. The quantitative estimate of drug-likeness (QED) is 0.671. The fraction of sp³-hybridized carbons (Fsp3) is 0.211. The Morgan fingerprint density at radius 2 is 1.39 bits per heavy atom. The topological polar surface area (TPSA) is 38.7 Å². The lowest BCUT2D eigenvalue weighted by atomic mass is 9.41. The Labute approximate surface area is 137 Å². The first-order chi connectivity index (χ1) is 11.3. The summed E-state index contributed by atoms with van der Waals surface area (Å²) in [5, 5.41) is 0. The average molecular weight is 301 g/mol. The van der Waals surface area contributed by atoms with Crippen molar-refractivity contribution in [3.63, 3.8) is 0 Å². The van der Waals surface area contributed by atoms with Crippen LogP contribution in [-0.2, 0) is 12.8 Å². The molecule has 0 spiro atoms. The van der Waals surface area contributed by atoms with Crippen LogP contribution in [-0.4, -0.2) is 21.7 Å². The molecule has 0 saturated carbocycles. The maximum atomic E-state index is 4.73. The van der Waals surface area contributed by atoms with Gasteiger partial charge in [-0.25, -0.2) is 0 Å². The summed E-state index contributed by atoms with van der Waals surface area (Å²) in [6.45, 7) is 4.35. The lowest BCUT2D eigenvalue weighted by Crippen LogP contribution is -2.56. The van der Waals surface area contributed by atoms with Crippen molar-refractivity contribution in [1.29, 1.82) is 0 Å². The molecule has 3 nitrogen and oxygen atoms in total. The minimum absolute atomic E-state index is 0.0288. The number of nitrogens with zero attached hydrogens (tertiary/aromatic N) is 3. The van der Waals surface area contributed by atoms with Gasteiger partial charge in [-0.1, -0.05) is 26.0 Å². The van der Waals surface area contributed by atoms with Crippen molar-refractivity contribution < 1.29 is 0 Å². The van der Waals surface area contributed by atoms with Crippen molar-refractivity contribution in [3.8, 4) is 0 Å². The summed E-state index contributed by atoms with van der Waals surface area (Å²) >= 11 is 0. The van der Waals surface area contributed by atoms with Crippen molar-refractivity contribution in [1.82, 2.24) is 15.0 Å². The summed E-state index contributed by atoms with van der Waals surface area (Å²) in [6, 6.07) is 14.2. The highest BCUT2D eigenvalue weighted by Crippen LogP contribution is 2.08. The second-order valence-electron chi connectivity index (χ2n) is 5.48. The fourth-order valence-corrected chi connectivity index (χ4v) is 3.06. The minimum atomic E-state index is -0.0288. The minimum Gasteiger partial charge on any atom is -0.270 e. The third kappa shape index (κ3) is 3.16. The van der Waals surface area contributed by atoms with E-state index in [1.807, 2.05) is 42.9 Å². The normalized spacial score (nSPS) is 10.5. The molecule has 0 aromatic carbocycles. The number of hydrogen-bond donors (Lipinski definition) is 0. The van der Waals surface area contributed by atoms with Crippen LogP contribution < -0.4 is 16.8 Å². The van der Waals surface area contributed by atoms with E-state index in [4.69, 9.17) is 4.98 Å². The Kier molecular flexibility index (Phi) is 4.81. The zero-order valence-corrected chi connectivity index (χ0v) is 13.6. The monoisotopic (exact) mass is 301 g/mol.